The highest BCUT2D eigenvalue weighted by molar-refractivity contribution is 14.1. The smallest absolute Gasteiger partial charge is 0.317 e. The van der Waals surface area contributed by atoms with Gasteiger partial charge in [-0.25, -0.2) is 7.91 Å². The zero-order valence-electron chi connectivity index (χ0n) is 6.96. The third-order valence-electron chi connectivity index (χ3n) is 2.68. The molecule has 0 aromatic heterocycles. The van der Waals surface area contributed by atoms with Crippen molar-refractivity contribution in [2.45, 2.75) is 6.04 Å². The van der Waals surface area contributed by atoms with Crippen LogP contribution in [-0.2, 0) is 0 Å². The van der Waals surface area contributed by atoms with E-state index in [1.807, 2.05) is 4.90 Å². The first-order valence-corrected chi connectivity index (χ1v) is 5.08. The monoisotopic (exact) mass is 281 g/mol. The Morgan fingerprint density at radius 1 is 1.50 bits per heavy atom. The minimum atomic E-state index is 0.0641. The molecule has 0 aromatic carbocycles. The molecule has 0 saturated carbocycles. The average molecular weight is 281 g/mol. The molecule has 68 valence electrons. The van der Waals surface area contributed by atoms with Gasteiger partial charge < -0.3 is 10.2 Å². The lowest BCUT2D eigenvalue weighted by Gasteiger charge is -2.38. The molecule has 2 fully saturated rings. The van der Waals surface area contributed by atoms with Gasteiger partial charge in [0, 0.05) is 61.5 Å². The van der Waals surface area contributed by atoms with Gasteiger partial charge in [-0.1, -0.05) is 0 Å². The molecule has 0 spiro atoms. The van der Waals surface area contributed by atoms with Gasteiger partial charge in [0.05, 0.1) is 0 Å². The van der Waals surface area contributed by atoms with Gasteiger partial charge in [-0.05, 0) is 0 Å². The van der Waals surface area contributed by atoms with E-state index in [9.17, 15) is 4.79 Å². The Hall–Kier alpha value is -0.0400. The molecular formula is C7H12IN3O. The zero-order valence-corrected chi connectivity index (χ0v) is 9.11. The SMILES string of the molecule is CNC(=O)N1CC2CN(I)C2C1. The fourth-order valence-electron chi connectivity index (χ4n) is 1.90. The van der Waals surface area contributed by atoms with Crippen molar-refractivity contribution in [2.75, 3.05) is 26.7 Å². The molecular weight excluding hydrogens is 269 g/mol. The molecule has 2 saturated heterocycles. The van der Waals surface area contributed by atoms with E-state index in [-0.39, 0.29) is 6.03 Å². The summed E-state index contributed by atoms with van der Waals surface area (Å²) in [6.45, 7) is 2.97. The Morgan fingerprint density at radius 2 is 2.25 bits per heavy atom. The predicted octanol–water partition coefficient (Wildman–Crippen LogP) is 0.292. The molecule has 0 aliphatic carbocycles. The van der Waals surface area contributed by atoms with Gasteiger partial charge in [-0.2, -0.15) is 0 Å². The van der Waals surface area contributed by atoms with Gasteiger partial charge >= 0.3 is 6.03 Å². The van der Waals surface area contributed by atoms with Crippen LogP contribution in [0, 0.1) is 5.92 Å². The Bertz CT molecular complexity index is 211. The number of hydrogen-bond donors (Lipinski definition) is 1. The van der Waals surface area contributed by atoms with Gasteiger partial charge in [0.2, 0.25) is 0 Å². The molecule has 2 unspecified atom stereocenters. The first kappa shape index (κ1) is 8.55. The summed E-state index contributed by atoms with van der Waals surface area (Å²) in [6.07, 6.45) is 0. The van der Waals surface area contributed by atoms with Crippen LogP contribution in [0.1, 0.15) is 0 Å². The highest BCUT2D eigenvalue weighted by atomic mass is 127. The molecule has 2 amide bonds. The van der Waals surface area contributed by atoms with Crippen LogP contribution in [0.15, 0.2) is 0 Å². The quantitative estimate of drug-likeness (QED) is 0.512. The molecule has 2 atom stereocenters. The first-order chi connectivity index (χ1) is 5.72. The summed E-state index contributed by atoms with van der Waals surface area (Å²) >= 11 is 2.33. The third kappa shape index (κ3) is 1.19. The molecule has 5 heteroatoms. The molecule has 12 heavy (non-hydrogen) atoms. The number of carbonyl (C=O) groups is 1. The predicted molar refractivity (Wildman–Crippen MR) is 54.0 cm³/mol. The maximum Gasteiger partial charge on any atom is 0.317 e. The summed E-state index contributed by atoms with van der Waals surface area (Å²) in [6, 6.07) is 0.678. The third-order valence-corrected chi connectivity index (χ3v) is 3.79. The van der Waals surface area contributed by atoms with Crippen LogP contribution in [-0.4, -0.2) is 46.8 Å². The first-order valence-electron chi connectivity index (χ1n) is 4.11. The van der Waals surface area contributed by atoms with Crippen molar-refractivity contribution in [3.05, 3.63) is 0 Å². The molecule has 1 N–H and O–H groups in total. The molecule has 0 radical (unpaired) electrons. The number of carbonyl (C=O) groups excluding carboxylic acids is 1. The Balaban J connectivity index is 1.94. The lowest BCUT2D eigenvalue weighted by molar-refractivity contribution is 0.188. The Morgan fingerprint density at radius 3 is 2.75 bits per heavy atom. The van der Waals surface area contributed by atoms with Gasteiger partial charge in [-0.3, -0.25) is 0 Å². The average Bonchev–Trinajstić information content (AvgIpc) is 2.41. The maximum absolute atomic E-state index is 11.2. The van der Waals surface area contributed by atoms with Crippen molar-refractivity contribution in [3.8, 4) is 0 Å². The molecule has 2 rings (SSSR count). The summed E-state index contributed by atoms with van der Waals surface area (Å²) in [7, 11) is 1.68. The van der Waals surface area contributed by atoms with Crippen LogP contribution >= 0.6 is 22.9 Å². The summed E-state index contributed by atoms with van der Waals surface area (Å²) in [5, 5.41) is 2.66. The minimum Gasteiger partial charge on any atom is -0.341 e. The number of fused-ring (bicyclic) bond motifs is 1. The van der Waals surface area contributed by atoms with Crippen LogP contribution in [0.4, 0.5) is 4.79 Å². The number of nitrogens with zero attached hydrogens (tertiary/aromatic N) is 2. The Labute approximate surface area is 85.8 Å². The topological polar surface area (TPSA) is 35.6 Å². The Kier molecular flexibility index (Phi) is 2.16. The fourth-order valence-corrected chi connectivity index (χ4v) is 3.03. The fraction of sp³-hybridized carbons (Fsp3) is 0.857. The summed E-state index contributed by atoms with van der Waals surface area (Å²) in [5.74, 6) is 0.721. The molecule has 4 nitrogen and oxygen atoms in total. The lowest BCUT2D eigenvalue weighted by Crippen LogP contribution is -2.49. The second-order valence-electron chi connectivity index (χ2n) is 3.37. The maximum atomic E-state index is 11.2. The van der Waals surface area contributed by atoms with Crippen molar-refractivity contribution >= 4 is 28.9 Å². The number of halogens is 1. The van der Waals surface area contributed by atoms with Gasteiger partial charge in [-0.15, -0.1) is 0 Å². The van der Waals surface area contributed by atoms with Gasteiger partial charge in [0.25, 0.3) is 0 Å². The minimum absolute atomic E-state index is 0.0641. The van der Waals surface area contributed by atoms with Crippen LogP contribution in [0.2, 0.25) is 0 Å². The summed E-state index contributed by atoms with van der Waals surface area (Å²) in [5.41, 5.74) is 0. The number of rotatable bonds is 0. The molecule has 2 aliphatic rings. The van der Waals surface area contributed by atoms with Crippen LogP contribution in [0.3, 0.4) is 0 Å². The zero-order chi connectivity index (χ0) is 8.72. The number of urea groups is 1. The van der Waals surface area contributed by atoms with E-state index in [0.717, 1.165) is 25.6 Å². The lowest BCUT2D eigenvalue weighted by atomic mass is 9.96. The number of hydrogen-bond acceptors (Lipinski definition) is 2. The second-order valence-corrected chi connectivity index (χ2v) is 4.61. The normalized spacial score (nSPS) is 34.3. The highest BCUT2D eigenvalue weighted by Crippen LogP contribution is 2.34. The molecule has 0 bridgehead atoms. The summed E-state index contributed by atoms with van der Waals surface area (Å²) in [4.78, 5) is 13.1. The molecule has 2 aliphatic heterocycles. The van der Waals surface area contributed by atoms with E-state index in [1.165, 1.54) is 0 Å². The second kappa shape index (κ2) is 3.02. The van der Waals surface area contributed by atoms with Crippen molar-refractivity contribution in [2.24, 2.45) is 5.92 Å². The van der Waals surface area contributed by atoms with E-state index in [4.69, 9.17) is 0 Å². The number of likely N-dealkylation sites (tertiary alicyclic amines) is 1. The van der Waals surface area contributed by atoms with Crippen LogP contribution < -0.4 is 5.32 Å². The van der Waals surface area contributed by atoms with Crippen LogP contribution in [0.25, 0.3) is 0 Å². The van der Waals surface area contributed by atoms with E-state index in [1.54, 1.807) is 7.05 Å². The van der Waals surface area contributed by atoms with Crippen molar-refractivity contribution in [1.82, 2.24) is 13.3 Å². The van der Waals surface area contributed by atoms with Gasteiger partial charge in [0.1, 0.15) is 0 Å². The van der Waals surface area contributed by atoms with Crippen molar-refractivity contribution in [3.63, 3.8) is 0 Å². The van der Waals surface area contributed by atoms with Crippen molar-refractivity contribution in [1.29, 1.82) is 0 Å². The largest absolute Gasteiger partial charge is 0.341 e. The van der Waals surface area contributed by atoms with E-state index < -0.39 is 0 Å². The molecule has 0 aromatic rings. The highest BCUT2D eigenvalue weighted by Gasteiger charge is 2.45. The number of amides is 2. The van der Waals surface area contributed by atoms with Gasteiger partial charge in [0.15, 0.2) is 0 Å². The van der Waals surface area contributed by atoms with E-state index in [2.05, 4.69) is 31.3 Å². The summed E-state index contributed by atoms with van der Waals surface area (Å²) < 4.78 is 2.28. The van der Waals surface area contributed by atoms with E-state index in [0.29, 0.717) is 6.04 Å². The number of nitrogens with one attached hydrogen (secondary N) is 1. The standard InChI is InChI=1S/C7H12IN3O/c1-9-7(12)10-2-5-3-11(8)6(5)4-10/h5-6H,2-4H2,1H3,(H,9,12). The molecule has 2 heterocycles. The van der Waals surface area contributed by atoms with E-state index >= 15 is 0 Å². The van der Waals surface area contributed by atoms with Crippen LogP contribution in [0.5, 0.6) is 0 Å². The van der Waals surface area contributed by atoms with Crippen molar-refractivity contribution < 1.29 is 4.79 Å².